The SMILES string of the molecule is Cc1cc(N)cc(S(=O)(=O)NC2(C(F)(F)F)CC2)c1F. The minimum atomic E-state index is -4.72. The fraction of sp³-hybridized carbons (Fsp3) is 0.455. The van der Waals surface area contributed by atoms with Crippen LogP contribution in [0.2, 0.25) is 0 Å². The molecule has 1 aromatic carbocycles. The van der Waals surface area contributed by atoms with Crippen molar-refractivity contribution in [1.82, 2.24) is 4.72 Å². The Morgan fingerprint density at radius 2 is 1.85 bits per heavy atom. The average molecular weight is 312 g/mol. The molecule has 2 rings (SSSR count). The molecule has 0 unspecified atom stereocenters. The highest BCUT2D eigenvalue weighted by Crippen LogP contribution is 2.49. The summed E-state index contributed by atoms with van der Waals surface area (Å²) in [6.45, 7) is 1.28. The van der Waals surface area contributed by atoms with Crippen molar-refractivity contribution < 1.29 is 26.0 Å². The molecule has 3 N–H and O–H groups in total. The van der Waals surface area contributed by atoms with E-state index in [1.54, 1.807) is 4.72 Å². The normalized spacial score (nSPS) is 18.1. The minimum absolute atomic E-state index is 0.0406. The Morgan fingerprint density at radius 3 is 2.30 bits per heavy atom. The van der Waals surface area contributed by atoms with Crippen LogP contribution in [-0.4, -0.2) is 20.1 Å². The molecule has 0 heterocycles. The zero-order valence-electron chi connectivity index (χ0n) is 10.4. The topological polar surface area (TPSA) is 72.2 Å². The van der Waals surface area contributed by atoms with Gasteiger partial charge in [0.25, 0.3) is 0 Å². The second-order valence-electron chi connectivity index (χ2n) is 4.84. The van der Waals surface area contributed by atoms with Crippen molar-refractivity contribution in [2.45, 2.75) is 36.4 Å². The lowest BCUT2D eigenvalue weighted by atomic mass is 10.2. The van der Waals surface area contributed by atoms with E-state index in [9.17, 15) is 26.0 Å². The zero-order chi connectivity index (χ0) is 15.3. The Hall–Kier alpha value is -1.35. The molecule has 1 fully saturated rings. The van der Waals surface area contributed by atoms with Gasteiger partial charge in [-0.25, -0.2) is 12.8 Å². The maximum Gasteiger partial charge on any atom is 0.407 e. The third-order valence-electron chi connectivity index (χ3n) is 3.16. The highest BCUT2D eigenvalue weighted by Gasteiger charge is 2.65. The van der Waals surface area contributed by atoms with Crippen molar-refractivity contribution in [1.29, 1.82) is 0 Å². The zero-order valence-corrected chi connectivity index (χ0v) is 11.2. The summed E-state index contributed by atoms with van der Waals surface area (Å²) in [6.07, 6.45) is -5.44. The van der Waals surface area contributed by atoms with Crippen LogP contribution in [0.5, 0.6) is 0 Å². The molecule has 4 nitrogen and oxygen atoms in total. The molecule has 0 atom stereocenters. The van der Waals surface area contributed by atoms with Crippen LogP contribution in [0.4, 0.5) is 23.2 Å². The molecule has 1 aliphatic rings. The fourth-order valence-corrected chi connectivity index (χ4v) is 3.47. The number of alkyl halides is 3. The van der Waals surface area contributed by atoms with Gasteiger partial charge in [0.1, 0.15) is 16.3 Å². The molecule has 0 radical (unpaired) electrons. The van der Waals surface area contributed by atoms with Gasteiger partial charge in [0.2, 0.25) is 10.0 Å². The molecule has 20 heavy (non-hydrogen) atoms. The summed E-state index contributed by atoms with van der Waals surface area (Å²) in [4.78, 5) is -0.870. The summed E-state index contributed by atoms with van der Waals surface area (Å²) in [5.74, 6) is -1.11. The van der Waals surface area contributed by atoms with E-state index in [-0.39, 0.29) is 24.1 Å². The lowest BCUT2D eigenvalue weighted by Gasteiger charge is -2.21. The Labute approximate surface area is 113 Å². The number of hydrogen-bond donors (Lipinski definition) is 2. The Bertz CT molecular complexity index is 651. The Kier molecular flexibility index (Phi) is 3.25. The van der Waals surface area contributed by atoms with Crippen LogP contribution in [0, 0.1) is 12.7 Å². The number of hydrogen-bond acceptors (Lipinski definition) is 3. The van der Waals surface area contributed by atoms with E-state index in [2.05, 4.69) is 0 Å². The summed E-state index contributed by atoms with van der Waals surface area (Å²) in [7, 11) is -4.64. The molecule has 0 aromatic heterocycles. The van der Waals surface area contributed by atoms with Gasteiger partial charge in [-0.05, 0) is 37.5 Å². The molecule has 0 saturated heterocycles. The number of sulfonamides is 1. The quantitative estimate of drug-likeness (QED) is 0.663. The van der Waals surface area contributed by atoms with Gasteiger partial charge in [-0.15, -0.1) is 0 Å². The highest BCUT2D eigenvalue weighted by atomic mass is 32.2. The molecule has 1 aromatic rings. The molecule has 1 saturated carbocycles. The van der Waals surface area contributed by atoms with E-state index >= 15 is 0 Å². The molecule has 112 valence electrons. The number of nitrogens with one attached hydrogen (secondary N) is 1. The fourth-order valence-electron chi connectivity index (χ4n) is 1.84. The van der Waals surface area contributed by atoms with Crippen LogP contribution in [0.15, 0.2) is 17.0 Å². The molecular weight excluding hydrogens is 300 g/mol. The molecule has 0 bridgehead atoms. The number of rotatable bonds is 3. The molecule has 0 amide bonds. The Balaban J connectivity index is 2.43. The van der Waals surface area contributed by atoms with Crippen molar-refractivity contribution in [3.05, 3.63) is 23.5 Å². The first-order chi connectivity index (χ1) is 8.98. The molecule has 1 aliphatic carbocycles. The second kappa shape index (κ2) is 4.32. The van der Waals surface area contributed by atoms with E-state index in [4.69, 9.17) is 5.73 Å². The van der Waals surface area contributed by atoms with Crippen LogP contribution >= 0.6 is 0 Å². The van der Waals surface area contributed by atoms with Crippen LogP contribution < -0.4 is 10.5 Å². The van der Waals surface area contributed by atoms with Gasteiger partial charge in [-0.2, -0.15) is 17.9 Å². The van der Waals surface area contributed by atoms with Gasteiger partial charge in [0, 0.05) is 5.69 Å². The van der Waals surface area contributed by atoms with Crippen molar-refractivity contribution in [2.75, 3.05) is 5.73 Å². The van der Waals surface area contributed by atoms with Crippen molar-refractivity contribution in [3.8, 4) is 0 Å². The van der Waals surface area contributed by atoms with Crippen molar-refractivity contribution in [3.63, 3.8) is 0 Å². The number of halogens is 4. The van der Waals surface area contributed by atoms with Gasteiger partial charge in [-0.1, -0.05) is 0 Å². The maximum atomic E-state index is 13.8. The summed E-state index contributed by atoms with van der Waals surface area (Å²) in [5, 5.41) is 0. The predicted molar refractivity (Wildman–Crippen MR) is 63.9 cm³/mol. The van der Waals surface area contributed by atoms with Crippen LogP contribution in [0.1, 0.15) is 18.4 Å². The van der Waals surface area contributed by atoms with Crippen LogP contribution in [-0.2, 0) is 10.0 Å². The van der Waals surface area contributed by atoms with E-state index in [0.29, 0.717) is 0 Å². The van der Waals surface area contributed by atoms with Crippen molar-refractivity contribution in [2.24, 2.45) is 0 Å². The molecule has 0 aliphatic heterocycles. The summed E-state index contributed by atoms with van der Waals surface area (Å²) >= 11 is 0. The number of anilines is 1. The van der Waals surface area contributed by atoms with Gasteiger partial charge in [0.15, 0.2) is 0 Å². The standard InChI is InChI=1S/C11H12F4N2O2S/c1-6-4-7(16)5-8(9(6)12)20(18,19)17-10(2-3-10)11(13,14)15/h4-5,17H,2-3,16H2,1H3. The van der Waals surface area contributed by atoms with E-state index < -0.39 is 32.5 Å². The molecular formula is C11H12F4N2O2S. The van der Waals surface area contributed by atoms with E-state index in [0.717, 1.165) is 6.07 Å². The number of benzene rings is 1. The monoisotopic (exact) mass is 312 g/mol. The van der Waals surface area contributed by atoms with Gasteiger partial charge >= 0.3 is 6.18 Å². The minimum Gasteiger partial charge on any atom is -0.399 e. The van der Waals surface area contributed by atoms with E-state index in [1.807, 2.05) is 0 Å². The first-order valence-corrected chi connectivity index (χ1v) is 7.13. The van der Waals surface area contributed by atoms with Crippen LogP contribution in [0.3, 0.4) is 0 Å². The number of nitrogens with two attached hydrogens (primary N) is 1. The van der Waals surface area contributed by atoms with Crippen LogP contribution in [0.25, 0.3) is 0 Å². The van der Waals surface area contributed by atoms with Crippen molar-refractivity contribution >= 4 is 15.7 Å². The van der Waals surface area contributed by atoms with Gasteiger partial charge < -0.3 is 5.73 Å². The summed E-state index contributed by atoms with van der Waals surface area (Å²) in [5.41, 5.74) is 2.83. The average Bonchev–Trinajstić information content (AvgIpc) is 3.02. The smallest absolute Gasteiger partial charge is 0.399 e. The number of nitrogen functional groups attached to an aromatic ring is 1. The third kappa shape index (κ3) is 2.47. The summed E-state index contributed by atoms with van der Waals surface area (Å²) < 4.78 is 77.5. The second-order valence-corrected chi connectivity index (χ2v) is 6.49. The molecule has 0 spiro atoms. The first-order valence-electron chi connectivity index (χ1n) is 5.65. The molecule has 9 heteroatoms. The summed E-state index contributed by atoms with van der Waals surface area (Å²) in [6, 6.07) is 2.00. The maximum absolute atomic E-state index is 13.8. The third-order valence-corrected chi connectivity index (χ3v) is 4.69. The lowest BCUT2D eigenvalue weighted by molar-refractivity contribution is -0.160. The number of aryl methyl sites for hydroxylation is 1. The lowest BCUT2D eigenvalue weighted by Crippen LogP contribution is -2.47. The first kappa shape index (κ1) is 15.0. The van der Waals surface area contributed by atoms with Gasteiger partial charge in [-0.3, -0.25) is 0 Å². The highest BCUT2D eigenvalue weighted by molar-refractivity contribution is 7.89. The van der Waals surface area contributed by atoms with E-state index in [1.165, 1.54) is 13.0 Å². The Morgan fingerprint density at radius 1 is 1.30 bits per heavy atom. The largest absolute Gasteiger partial charge is 0.407 e. The van der Waals surface area contributed by atoms with Gasteiger partial charge in [0.05, 0.1) is 0 Å². The predicted octanol–water partition coefficient (Wildman–Crippen LogP) is 2.09.